The summed E-state index contributed by atoms with van der Waals surface area (Å²) in [6.45, 7) is 21.6. The molecule has 0 aliphatic heterocycles. The van der Waals surface area contributed by atoms with Crippen LogP contribution in [-0.4, -0.2) is 0 Å². The minimum atomic E-state index is -0.784. The van der Waals surface area contributed by atoms with E-state index in [1.807, 2.05) is 0 Å². The molecule has 0 saturated carbocycles. The van der Waals surface area contributed by atoms with Crippen molar-refractivity contribution in [3.8, 4) is 94.8 Å². The van der Waals surface area contributed by atoms with Crippen LogP contribution in [0.4, 0.5) is 34.1 Å². The van der Waals surface area contributed by atoms with Crippen LogP contribution < -0.4 is 14.5 Å². The molecule has 0 spiro atoms. The van der Waals surface area contributed by atoms with Crippen molar-refractivity contribution < 1.29 is 4.74 Å². The molecule has 0 aromatic heterocycles. The van der Waals surface area contributed by atoms with Crippen LogP contribution in [0.15, 0.2) is 394 Å². The first-order valence-corrected chi connectivity index (χ1v) is 45.0. The van der Waals surface area contributed by atoms with Crippen molar-refractivity contribution in [2.45, 2.75) is 128 Å². The fourth-order valence-electron chi connectivity index (χ4n) is 21.1. The van der Waals surface area contributed by atoms with Gasteiger partial charge in [-0.05, 0) is 307 Å². The van der Waals surface area contributed by atoms with Crippen molar-refractivity contribution in [3.05, 3.63) is 472 Å². The van der Waals surface area contributed by atoms with Gasteiger partial charge in [-0.25, -0.2) is 0 Å². The molecule has 0 amide bonds. The molecule has 3 nitrogen and oxygen atoms in total. The van der Waals surface area contributed by atoms with Crippen molar-refractivity contribution in [1.82, 2.24) is 0 Å². The highest BCUT2D eigenvalue weighted by molar-refractivity contribution is 5.93. The molecule has 0 saturated heterocycles. The average Bonchev–Trinajstić information content (AvgIpc) is 1.49. The van der Waals surface area contributed by atoms with Crippen molar-refractivity contribution in [2.24, 2.45) is 0 Å². The SMILES string of the molecule is CCC(CC(C)c1ccc(-c2ccc3c(c2)CC3)cc1)c1ccc(COc2ccc(C3(c4ccc(C(C)(C)C)cc4)c4cc(-c5ccc(N(c6ccc(-c7ccccc7)cc6)c6ccc7c(c6)C(C)(C)c6ccccc6-7)cc5)ccc4-c4ccc(-c5ccc(N(c6ccc(-c7ccccc7)cc6)c6ccc7c(c6)C(C)(C)c6ccccc6-7)cc5)cc43)cc2)cc1. The Morgan fingerprint density at radius 1 is 0.304 bits per heavy atom. The Kier molecular flexibility index (Phi) is 19.7. The maximum absolute atomic E-state index is 6.89. The highest BCUT2D eigenvalue weighted by atomic mass is 16.5. The summed E-state index contributed by atoms with van der Waals surface area (Å²) in [7, 11) is 0. The summed E-state index contributed by atoms with van der Waals surface area (Å²) < 4.78 is 6.89. The molecular weight excluding hydrogens is 1510 g/mol. The van der Waals surface area contributed by atoms with E-state index in [4.69, 9.17) is 4.74 Å². The summed E-state index contributed by atoms with van der Waals surface area (Å²) in [5.41, 5.74) is 43.5. The van der Waals surface area contributed by atoms with Gasteiger partial charge >= 0.3 is 0 Å². The Labute approximate surface area is 738 Å². The maximum atomic E-state index is 6.89. The van der Waals surface area contributed by atoms with Crippen LogP contribution in [0.3, 0.4) is 0 Å². The van der Waals surface area contributed by atoms with E-state index in [2.05, 4.69) is 466 Å². The van der Waals surface area contributed by atoms with Crippen LogP contribution in [0.5, 0.6) is 5.75 Å². The zero-order valence-electron chi connectivity index (χ0n) is 73.0. The lowest BCUT2D eigenvalue weighted by atomic mass is 9.66. The minimum Gasteiger partial charge on any atom is -0.489 e. The zero-order chi connectivity index (χ0) is 84.9. The molecule has 0 bridgehead atoms. The second kappa shape index (κ2) is 31.5. The summed E-state index contributed by atoms with van der Waals surface area (Å²) in [5.74, 6) is 1.69. The van der Waals surface area contributed by atoms with Crippen LogP contribution in [0.1, 0.15) is 165 Å². The second-order valence-corrected chi connectivity index (χ2v) is 37.4. The van der Waals surface area contributed by atoms with Gasteiger partial charge in [0.2, 0.25) is 0 Å². The summed E-state index contributed by atoms with van der Waals surface area (Å²) in [6, 6.07) is 149. The highest BCUT2D eigenvalue weighted by Gasteiger charge is 2.47. The molecule has 125 heavy (non-hydrogen) atoms. The topological polar surface area (TPSA) is 15.7 Å². The van der Waals surface area contributed by atoms with Gasteiger partial charge in [0, 0.05) is 45.0 Å². The minimum absolute atomic E-state index is 0.0727. The summed E-state index contributed by atoms with van der Waals surface area (Å²) in [4.78, 5) is 4.87. The van der Waals surface area contributed by atoms with Gasteiger partial charge in [-0.1, -0.05) is 360 Å². The number of benzene rings is 17. The molecule has 0 radical (unpaired) electrons. The molecule has 4 aliphatic carbocycles. The third-order valence-electron chi connectivity index (χ3n) is 28.3. The molecule has 4 aliphatic rings. The van der Waals surface area contributed by atoms with Crippen LogP contribution >= 0.6 is 0 Å². The fraction of sp³-hybridized carbons (Fsp3) is 0.164. The Morgan fingerprint density at radius 3 is 1.09 bits per heavy atom. The smallest absolute Gasteiger partial charge is 0.119 e. The van der Waals surface area contributed by atoms with E-state index < -0.39 is 5.41 Å². The van der Waals surface area contributed by atoms with Crippen molar-refractivity contribution in [1.29, 1.82) is 0 Å². The van der Waals surface area contributed by atoms with E-state index >= 15 is 0 Å². The molecular formula is C122H104N2O. The van der Waals surface area contributed by atoms with Crippen LogP contribution in [-0.2, 0) is 41.1 Å². The van der Waals surface area contributed by atoms with E-state index in [0.717, 1.165) is 80.5 Å². The Balaban J connectivity index is 0.647. The number of hydrogen-bond donors (Lipinski definition) is 0. The lowest BCUT2D eigenvalue weighted by Gasteiger charge is -2.35. The number of anilines is 6. The van der Waals surface area contributed by atoms with E-state index in [9.17, 15) is 0 Å². The molecule has 0 N–H and O–H groups in total. The quantitative estimate of drug-likeness (QED) is 0.0713. The summed E-state index contributed by atoms with van der Waals surface area (Å²) >= 11 is 0. The maximum Gasteiger partial charge on any atom is 0.119 e. The van der Waals surface area contributed by atoms with Crippen molar-refractivity contribution in [2.75, 3.05) is 9.80 Å². The molecule has 3 heteroatoms. The normalized spacial score (nSPS) is 14.3. The summed E-state index contributed by atoms with van der Waals surface area (Å²) in [6.07, 6.45) is 4.58. The van der Waals surface area contributed by atoms with E-state index in [1.165, 1.54) is 152 Å². The second-order valence-electron chi connectivity index (χ2n) is 37.4. The third kappa shape index (κ3) is 14.0. The lowest BCUT2D eigenvalue weighted by molar-refractivity contribution is 0.306. The van der Waals surface area contributed by atoms with Gasteiger partial charge in [0.1, 0.15) is 12.4 Å². The van der Waals surface area contributed by atoms with E-state index in [1.54, 1.807) is 0 Å². The van der Waals surface area contributed by atoms with Crippen LogP contribution in [0.25, 0.3) is 89.0 Å². The molecule has 0 fully saturated rings. The largest absolute Gasteiger partial charge is 0.489 e. The predicted molar refractivity (Wildman–Crippen MR) is 525 cm³/mol. The number of rotatable bonds is 21. The first kappa shape index (κ1) is 78.4. The van der Waals surface area contributed by atoms with Gasteiger partial charge < -0.3 is 14.5 Å². The molecule has 2 atom stereocenters. The van der Waals surface area contributed by atoms with Crippen molar-refractivity contribution in [3.63, 3.8) is 0 Å². The number of nitrogens with zero attached hydrogens (tertiary/aromatic N) is 2. The molecule has 608 valence electrons. The van der Waals surface area contributed by atoms with E-state index in [0.29, 0.717) is 18.4 Å². The van der Waals surface area contributed by atoms with Gasteiger partial charge in [-0.15, -0.1) is 0 Å². The Morgan fingerprint density at radius 2 is 0.656 bits per heavy atom. The number of ether oxygens (including phenoxy) is 1. The van der Waals surface area contributed by atoms with Crippen molar-refractivity contribution >= 4 is 34.1 Å². The van der Waals surface area contributed by atoms with Gasteiger partial charge in [-0.3, -0.25) is 0 Å². The molecule has 0 heterocycles. The predicted octanol–water partition coefficient (Wildman–Crippen LogP) is 32.6. The molecule has 17 aromatic rings. The molecule has 21 rings (SSSR count). The molecule has 2 unspecified atom stereocenters. The average molecular weight is 1610 g/mol. The van der Waals surface area contributed by atoms with Crippen LogP contribution in [0.2, 0.25) is 0 Å². The first-order chi connectivity index (χ1) is 60.9. The van der Waals surface area contributed by atoms with Gasteiger partial charge in [0.05, 0.1) is 5.41 Å². The lowest BCUT2D eigenvalue weighted by Crippen LogP contribution is -2.29. The Hall–Kier alpha value is -13.9. The number of aryl methyl sites for hydroxylation is 2. The zero-order valence-corrected chi connectivity index (χ0v) is 73.0. The van der Waals surface area contributed by atoms with Gasteiger partial charge in [-0.2, -0.15) is 0 Å². The van der Waals surface area contributed by atoms with Gasteiger partial charge in [0.25, 0.3) is 0 Å². The monoisotopic (exact) mass is 1610 g/mol. The van der Waals surface area contributed by atoms with Crippen LogP contribution in [0, 0.1) is 0 Å². The highest BCUT2D eigenvalue weighted by Crippen LogP contribution is 2.60. The van der Waals surface area contributed by atoms with Gasteiger partial charge in [0.15, 0.2) is 0 Å². The summed E-state index contributed by atoms with van der Waals surface area (Å²) in [5, 5.41) is 0. The first-order valence-electron chi connectivity index (χ1n) is 45.0. The standard InChI is InChI=1S/C122H104N2O/c1-10-82(73-80(2)83-33-35-89(36-34-83)93-39-37-90-38-40-94(90)74-93)86-31-29-81(30-32-86)79-125-106-67-55-99(56-68-106)122(98-53-51-97(52-54-98)119(3,4)5)117-75-95(91-45-61-102(62-46-91)123(100-57-41-87(42-58-100)84-21-13-11-14-22-84)104-65-71-109-107-25-17-19-27-113(107)120(6,7)115(109)77-104)49-69-111(117)112-70-50-96(76-118(112)122)92-47-63-103(64-48-92)124(101-59-43-88(44-60-101)85-23-15-12-16-24-85)105-66-72-110-108-26-18-20-28-114(108)121(8,9)116(110)78-105/h11-37,39,41-72,74-78,80,82H,10,38,40,73,79H2,1-9H3. The number of hydrogen-bond acceptors (Lipinski definition) is 3. The molecule has 17 aromatic carbocycles. The van der Waals surface area contributed by atoms with E-state index in [-0.39, 0.29) is 16.2 Å². The Bertz CT molecular complexity index is 6610. The third-order valence-corrected chi connectivity index (χ3v) is 28.3. The fourth-order valence-corrected chi connectivity index (χ4v) is 21.1. The number of fused-ring (bicyclic) bond motifs is 10.